The molecule has 60 valence electrons. The highest BCUT2D eigenvalue weighted by Crippen LogP contribution is 2.21. The molecule has 0 spiro atoms. The molecule has 1 aliphatic heterocycles. The first-order chi connectivity index (χ1) is 4.67. The van der Waals surface area contributed by atoms with E-state index in [1.165, 1.54) is 0 Å². The van der Waals surface area contributed by atoms with Gasteiger partial charge >= 0.3 is 0 Å². The highest BCUT2D eigenvalue weighted by Gasteiger charge is 2.33. The van der Waals surface area contributed by atoms with Gasteiger partial charge in [-0.25, -0.2) is 0 Å². The predicted octanol–water partition coefficient (Wildman–Crippen LogP) is 0.173. The lowest BCUT2D eigenvalue weighted by Crippen LogP contribution is -2.48. The Hall–Kier alpha value is -0.120. The van der Waals surface area contributed by atoms with Crippen LogP contribution in [0.5, 0.6) is 0 Å². The van der Waals surface area contributed by atoms with Crippen molar-refractivity contribution in [2.75, 3.05) is 19.8 Å². The van der Waals surface area contributed by atoms with E-state index >= 15 is 0 Å². The van der Waals surface area contributed by atoms with Crippen molar-refractivity contribution >= 4 is 0 Å². The Morgan fingerprint density at radius 2 is 2.20 bits per heavy atom. The van der Waals surface area contributed by atoms with Gasteiger partial charge in [0.25, 0.3) is 0 Å². The predicted molar refractivity (Wildman–Crippen MR) is 36.9 cm³/mol. The van der Waals surface area contributed by atoms with E-state index in [2.05, 4.69) is 0 Å². The minimum Gasteiger partial charge on any atom is -0.394 e. The molecule has 0 aliphatic carbocycles. The molecule has 0 aromatic rings. The van der Waals surface area contributed by atoms with Gasteiger partial charge in [-0.15, -0.1) is 0 Å². The van der Waals surface area contributed by atoms with Gasteiger partial charge in [-0.1, -0.05) is 0 Å². The molecule has 1 aliphatic rings. The molecule has 1 N–H and O–H groups in total. The Morgan fingerprint density at radius 3 is 2.60 bits per heavy atom. The monoisotopic (exact) mass is 146 g/mol. The van der Waals surface area contributed by atoms with Gasteiger partial charge in [0.2, 0.25) is 0 Å². The second-order valence-electron chi connectivity index (χ2n) is 2.99. The smallest absolute Gasteiger partial charge is 0.109 e. The molecule has 1 unspecified atom stereocenters. The van der Waals surface area contributed by atoms with Crippen LogP contribution in [0.4, 0.5) is 0 Å². The number of rotatable bonds is 1. The van der Waals surface area contributed by atoms with Gasteiger partial charge in [-0.05, 0) is 13.8 Å². The summed E-state index contributed by atoms with van der Waals surface area (Å²) < 4.78 is 10.7. The summed E-state index contributed by atoms with van der Waals surface area (Å²) in [6.07, 6.45) is -0.166. The molecule has 1 saturated heterocycles. The van der Waals surface area contributed by atoms with E-state index in [0.717, 1.165) is 0 Å². The van der Waals surface area contributed by atoms with Crippen molar-refractivity contribution in [2.45, 2.75) is 25.6 Å². The van der Waals surface area contributed by atoms with Crippen LogP contribution in [0.15, 0.2) is 0 Å². The van der Waals surface area contributed by atoms with Crippen LogP contribution in [0.3, 0.4) is 0 Å². The summed E-state index contributed by atoms with van der Waals surface area (Å²) in [6.45, 7) is 5.10. The maximum absolute atomic E-state index is 8.82. The first kappa shape index (κ1) is 7.98. The molecular weight excluding hydrogens is 132 g/mol. The van der Waals surface area contributed by atoms with Crippen LogP contribution in [0.1, 0.15) is 13.8 Å². The lowest BCUT2D eigenvalue weighted by molar-refractivity contribution is -0.196. The molecule has 0 saturated carbocycles. The maximum atomic E-state index is 8.82. The molecule has 0 radical (unpaired) electrons. The standard InChI is InChI=1S/C7H14O3/c1-7(2)6(5-8)9-3-4-10-7/h6,8H,3-5H2,1-2H3. The van der Waals surface area contributed by atoms with Gasteiger partial charge in [-0.2, -0.15) is 0 Å². The molecule has 1 rings (SSSR count). The fraction of sp³-hybridized carbons (Fsp3) is 1.00. The van der Waals surface area contributed by atoms with Crippen molar-refractivity contribution in [1.29, 1.82) is 0 Å². The van der Waals surface area contributed by atoms with Gasteiger partial charge in [-0.3, -0.25) is 0 Å². The molecule has 3 heteroatoms. The number of hydrogen-bond donors (Lipinski definition) is 1. The van der Waals surface area contributed by atoms with Crippen LogP contribution in [0.2, 0.25) is 0 Å². The Labute approximate surface area is 60.9 Å². The van der Waals surface area contributed by atoms with E-state index < -0.39 is 0 Å². The summed E-state index contributed by atoms with van der Waals surface area (Å²) in [5.41, 5.74) is -0.326. The van der Waals surface area contributed by atoms with Gasteiger partial charge < -0.3 is 14.6 Å². The van der Waals surface area contributed by atoms with Crippen molar-refractivity contribution in [3.8, 4) is 0 Å². The van der Waals surface area contributed by atoms with Crippen molar-refractivity contribution in [3.05, 3.63) is 0 Å². The van der Waals surface area contributed by atoms with Crippen molar-refractivity contribution in [2.24, 2.45) is 0 Å². The second kappa shape index (κ2) is 2.86. The third kappa shape index (κ3) is 1.48. The molecule has 3 nitrogen and oxygen atoms in total. The SMILES string of the molecule is CC1(C)OCCOC1CO. The van der Waals surface area contributed by atoms with Crippen molar-refractivity contribution < 1.29 is 14.6 Å². The Bertz CT molecular complexity index is 111. The third-order valence-corrected chi connectivity index (χ3v) is 1.82. The molecular formula is C7H14O3. The highest BCUT2D eigenvalue weighted by molar-refractivity contribution is 4.82. The molecule has 10 heavy (non-hydrogen) atoms. The molecule has 0 aromatic carbocycles. The summed E-state index contributed by atoms with van der Waals surface area (Å²) >= 11 is 0. The van der Waals surface area contributed by atoms with Gasteiger partial charge in [0.15, 0.2) is 0 Å². The topological polar surface area (TPSA) is 38.7 Å². The molecule has 1 atom stereocenters. The molecule has 0 aromatic heterocycles. The fourth-order valence-corrected chi connectivity index (χ4v) is 1.06. The van der Waals surface area contributed by atoms with E-state index in [1.54, 1.807) is 0 Å². The van der Waals surface area contributed by atoms with Crippen LogP contribution in [0.25, 0.3) is 0 Å². The number of aliphatic hydroxyl groups is 1. The van der Waals surface area contributed by atoms with Gasteiger partial charge in [0.1, 0.15) is 6.10 Å². The molecule has 1 heterocycles. The van der Waals surface area contributed by atoms with Gasteiger partial charge in [0, 0.05) is 0 Å². The Morgan fingerprint density at radius 1 is 1.50 bits per heavy atom. The Kier molecular flexibility index (Phi) is 2.28. The molecule has 0 bridgehead atoms. The zero-order valence-electron chi connectivity index (χ0n) is 6.46. The van der Waals surface area contributed by atoms with Gasteiger partial charge in [0.05, 0.1) is 25.4 Å². The minimum absolute atomic E-state index is 0.0347. The number of ether oxygens (including phenoxy) is 2. The molecule has 1 fully saturated rings. The summed E-state index contributed by atoms with van der Waals surface area (Å²) in [4.78, 5) is 0. The van der Waals surface area contributed by atoms with Crippen molar-refractivity contribution in [1.82, 2.24) is 0 Å². The number of aliphatic hydroxyl groups excluding tert-OH is 1. The van der Waals surface area contributed by atoms with Crippen LogP contribution in [-0.4, -0.2) is 36.6 Å². The second-order valence-corrected chi connectivity index (χ2v) is 2.99. The van der Waals surface area contributed by atoms with E-state index in [1.807, 2.05) is 13.8 Å². The normalized spacial score (nSPS) is 32.1. The largest absolute Gasteiger partial charge is 0.394 e. The van der Waals surface area contributed by atoms with Crippen LogP contribution >= 0.6 is 0 Å². The van der Waals surface area contributed by atoms with Crippen LogP contribution < -0.4 is 0 Å². The van der Waals surface area contributed by atoms with Crippen molar-refractivity contribution in [3.63, 3.8) is 0 Å². The maximum Gasteiger partial charge on any atom is 0.109 e. The minimum atomic E-state index is -0.326. The summed E-state index contributed by atoms with van der Waals surface area (Å²) in [7, 11) is 0. The van der Waals surface area contributed by atoms with Crippen LogP contribution in [-0.2, 0) is 9.47 Å². The zero-order valence-corrected chi connectivity index (χ0v) is 6.46. The number of hydrogen-bond acceptors (Lipinski definition) is 3. The summed E-state index contributed by atoms with van der Waals surface area (Å²) in [5, 5.41) is 8.82. The fourth-order valence-electron chi connectivity index (χ4n) is 1.06. The van der Waals surface area contributed by atoms with E-state index in [-0.39, 0.29) is 18.3 Å². The highest BCUT2D eigenvalue weighted by atomic mass is 16.6. The summed E-state index contributed by atoms with van der Waals surface area (Å²) in [5.74, 6) is 0. The third-order valence-electron chi connectivity index (χ3n) is 1.82. The lowest BCUT2D eigenvalue weighted by atomic mass is 10.0. The van der Waals surface area contributed by atoms with E-state index in [9.17, 15) is 0 Å². The van der Waals surface area contributed by atoms with Crippen LogP contribution in [0, 0.1) is 0 Å². The quantitative estimate of drug-likeness (QED) is 0.573. The first-order valence-corrected chi connectivity index (χ1v) is 3.53. The molecule has 0 amide bonds. The lowest BCUT2D eigenvalue weighted by Gasteiger charge is -2.37. The van der Waals surface area contributed by atoms with E-state index in [4.69, 9.17) is 14.6 Å². The van der Waals surface area contributed by atoms with E-state index in [0.29, 0.717) is 13.2 Å². The summed E-state index contributed by atoms with van der Waals surface area (Å²) in [6, 6.07) is 0. The average molecular weight is 146 g/mol. The average Bonchev–Trinajstić information content (AvgIpc) is 1.87. The Balaban J connectivity index is 2.51. The first-order valence-electron chi connectivity index (χ1n) is 3.53. The zero-order chi connectivity index (χ0) is 7.61.